The summed E-state index contributed by atoms with van der Waals surface area (Å²) in [6.07, 6.45) is 0.690. The summed E-state index contributed by atoms with van der Waals surface area (Å²) in [5.74, 6) is 1.33. The van der Waals surface area contributed by atoms with E-state index >= 15 is 0 Å². The van der Waals surface area contributed by atoms with Gasteiger partial charge in [0.1, 0.15) is 12.4 Å². The van der Waals surface area contributed by atoms with E-state index in [-0.39, 0.29) is 0 Å². The molecule has 3 rings (SSSR count). The van der Waals surface area contributed by atoms with Crippen LogP contribution in [0, 0.1) is 6.92 Å². The van der Waals surface area contributed by atoms with E-state index < -0.39 is 0 Å². The molecule has 0 aliphatic rings. The molecule has 1 aromatic heterocycles. The van der Waals surface area contributed by atoms with Crippen molar-refractivity contribution in [1.29, 1.82) is 0 Å². The number of alkyl halides is 1. The number of hydrogen-bond donors (Lipinski definition) is 0. The standard InChI is InChI=1S/C17H16ClNO2/c1-12-3-2-4-13(9-12)11-20-14-5-6-17-15(10-14)16(7-8-18)19-21-17/h2-6,9-10H,7-8,11H2,1H3. The first-order valence-electron chi connectivity index (χ1n) is 6.89. The maximum atomic E-state index is 5.86. The summed E-state index contributed by atoms with van der Waals surface area (Å²) in [6, 6.07) is 14.0. The van der Waals surface area contributed by atoms with Crippen molar-refractivity contribution in [2.24, 2.45) is 0 Å². The van der Waals surface area contributed by atoms with Gasteiger partial charge in [-0.05, 0) is 30.7 Å². The molecule has 0 saturated heterocycles. The molecule has 0 unspecified atom stereocenters. The van der Waals surface area contributed by atoms with Crippen LogP contribution >= 0.6 is 11.6 Å². The summed E-state index contributed by atoms with van der Waals surface area (Å²) in [6.45, 7) is 2.62. The average Bonchev–Trinajstić information content (AvgIpc) is 2.88. The summed E-state index contributed by atoms with van der Waals surface area (Å²) in [5, 5.41) is 5.01. The molecule has 0 amide bonds. The quantitative estimate of drug-likeness (QED) is 0.651. The third-order valence-electron chi connectivity index (χ3n) is 3.34. The Morgan fingerprint density at radius 2 is 2.10 bits per heavy atom. The largest absolute Gasteiger partial charge is 0.489 e. The van der Waals surface area contributed by atoms with Gasteiger partial charge in [0.05, 0.1) is 5.69 Å². The van der Waals surface area contributed by atoms with Crippen molar-refractivity contribution in [2.75, 3.05) is 5.88 Å². The molecular weight excluding hydrogens is 286 g/mol. The van der Waals surface area contributed by atoms with E-state index in [9.17, 15) is 0 Å². The molecule has 0 atom stereocenters. The molecule has 0 bridgehead atoms. The second kappa shape index (κ2) is 6.19. The molecular formula is C17H16ClNO2. The highest BCUT2D eigenvalue weighted by Gasteiger charge is 2.09. The number of halogens is 1. The number of hydrogen-bond acceptors (Lipinski definition) is 3. The van der Waals surface area contributed by atoms with E-state index in [2.05, 4.69) is 30.3 Å². The molecule has 0 N–H and O–H groups in total. The lowest BCUT2D eigenvalue weighted by molar-refractivity contribution is 0.306. The number of fused-ring (bicyclic) bond motifs is 1. The predicted octanol–water partition coefficient (Wildman–Crippen LogP) is 4.50. The van der Waals surface area contributed by atoms with Crippen molar-refractivity contribution in [1.82, 2.24) is 5.16 Å². The topological polar surface area (TPSA) is 35.3 Å². The normalized spacial score (nSPS) is 11.0. The first-order chi connectivity index (χ1) is 10.3. The maximum Gasteiger partial charge on any atom is 0.167 e. The van der Waals surface area contributed by atoms with Crippen LogP contribution in [0.4, 0.5) is 0 Å². The zero-order valence-electron chi connectivity index (χ0n) is 11.8. The predicted molar refractivity (Wildman–Crippen MR) is 83.9 cm³/mol. The first kappa shape index (κ1) is 14.0. The minimum Gasteiger partial charge on any atom is -0.489 e. The molecule has 3 nitrogen and oxygen atoms in total. The smallest absolute Gasteiger partial charge is 0.167 e. The Morgan fingerprint density at radius 1 is 1.19 bits per heavy atom. The molecule has 0 aliphatic carbocycles. The lowest BCUT2D eigenvalue weighted by Crippen LogP contribution is -1.95. The van der Waals surface area contributed by atoms with Gasteiger partial charge in [0.25, 0.3) is 0 Å². The van der Waals surface area contributed by atoms with Crippen LogP contribution in [0.3, 0.4) is 0 Å². The Labute approximate surface area is 128 Å². The fourth-order valence-corrected chi connectivity index (χ4v) is 2.47. The molecule has 0 saturated carbocycles. The highest BCUT2D eigenvalue weighted by Crippen LogP contribution is 2.25. The average molecular weight is 302 g/mol. The molecule has 108 valence electrons. The van der Waals surface area contributed by atoms with Crippen LogP contribution in [-0.2, 0) is 13.0 Å². The summed E-state index contributed by atoms with van der Waals surface area (Å²) in [4.78, 5) is 0. The van der Waals surface area contributed by atoms with E-state index in [0.717, 1.165) is 28.0 Å². The molecule has 0 radical (unpaired) electrons. The third kappa shape index (κ3) is 3.19. The van der Waals surface area contributed by atoms with Crippen molar-refractivity contribution in [3.63, 3.8) is 0 Å². The monoisotopic (exact) mass is 301 g/mol. The molecule has 0 aliphatic heterocycles. The van der Waals surface area contributed by atoms with Gasteiger partial charge in [-0.15, -0.1) is 11.6 Å². The Morgan fingerprint density at radius 3 is 2.90 bits per heavy atom. The van der Waals surface area contributed by atoms with Gasteiger partial charge in [-0.1, -0.05) is 35.0 Å². The van der Waals surface area contributed by atoms with Gasteiger partial charge in [-0.2, -0.15) is 0 Å². The van der Waals surface area contributed by atoms with E-state index in [1.807, 2.05) is 24.3 Å². The van der Waals surface area contributed by atoms with Crippen molar-refractivity contribution in [2.45, 2.75) is 20.0 Å². The molecule has 4 heteroatoms. The van der Waals surface area contributed by atoms with Crippen LogP contribution in [0.15, 0.2) is 47.0 Å². The first-order valence-corrected chi connectivity index (χ1v) is 7.42. The van der Waals surface area contributed by atoms with Crippen molar-refractivity contribution in [3.05, 3.63) is 59.3 Å². The van der Waals surface area contributed by atoms with Crippen molar-refractivity contribution < 1.29 is 9.26 Å². The minimum absolute atomic E-state index is 0.524. The fourth-order valence-electron chi connectivity index (χ4n) is 2.30. The van der Waals surface area contributed by atoms with Gasteiger partial charge in [-0.25, -0.2) is 0 Å². The van der Waals surface area contributed by atoms with Gasteiger partial charge in [0.15, 0.2) is 5.58 Å². The Hall–Kier alpha value is -2.00. The molecule has 0 spiro atoms. The third-order valence-corrected chi connectivity index (χ3v) is 3.52. The zero-order chi connectivity index (χ0) is 14.7. The number of aromatic nitrogens is 1. The minimum atomic E-state index is 0.524. The van der Waals surface area contributed by atoms with Crippen molar-refractivity contribution >= 4 is 22.6 Å². The van der Waals surface area contributed by atoms with E-state index in [1.54, 1.807) is 0 Å². The molecule has 0 fully saturated rings. The van der Waals surface area contributed by atoms with Gasteiger partial charge < -0.3 is 9.26 Å². The fraction of sp³-hybridized carbons (Fsp3) is 0.235. The van der Waals surface area contributed by atoms with Crippen molar-refractivity contribution in [3.8, 4) is 5.75 Å². The lowest BCUT2D eigenvalue weighted by Gasteiger charge is -2.07. The van der Waals surface area contributed by atoms with Gasteiger partial charge in [-0.3, -0.25) is 0 Å². The SMILES string of the molecule is Cc1cccc(COc2ccc3onc(CCCl)c3c2)c1. The lowest BCUT2D eigenvalue weighted by atomic mass is 10.1. The van der Waals surface area contributed by atoms with Crippen LogP contribution in [-0.4, -0.2) is 11.0 Å². The summed E-state index contributed by atoms with van der Waals surface area (Å²) in [7, 11) is 0. The van der Waals surface area contributed by atoms with Crippen LogP contribution in [0.25, 0.3) is 11.0 Å². The second-order valence-electron chi connectivity index (χ2n) is 5.00. The van der Waals surface area contributed by atoms with E-state index in [4.69, 9.17) is 20.9 Å². The van der Waals surface area contributed by atoms with Gasteiger partial charge in [0.2, 0.25) is 0 Å². The van der Waals surface area contributed by atoms with Crippen LogP contribution in [0.2, 0.25) is 0 Å². The molecule has 2 aromatic carbocycles. The summed E-state index contributed by atoms with van der Waals surface area (Å²) >= 11 is 5.78. The highest BCUT2D eigenvalue weighted by atomic mass is 35.5. The van der Waals surface area contributed by atoms with Crippen LogP contribution in [0.1, 0.15) is 16.8 Å². The number of rotatable bonds is 5. The number of benzene rings is 2. The Bertz CT molecular complexity index is 751. The number of ether oxygens (including phenoxy) is 1. The molecule has 21 heavy (non-hydrogen) atoms. The zero-order valence-corrected chi connectivity index (χ0v) is 12.6. The summed E-state index contributed by atoms with van der Waals surface area (Å²) < 4.78 is 11.1. The molecule has 3 aromatic rings. The van der Waals surface area contributed by atoms with Gasteiger partial charge in [0, 0.05) is 17.7 Å². The number of nitrogens with zero attached hydrogens (tertiary/aromatic N) is 1. The Balaban J connectivity index is 1.79. The number of aryl methyl sites for hydroxylation is 2. The molecule has 1 heterocycles. The summed E-state index contributed by atoms with van der Waals surface area (Å²) in [5.41, 5.74) is 4.02. The van der Waals surface area contributed by atoms with Crippen LogP contribution in [0.5, 0.6) is 5.75 Å². The van der Waals surface area contributed by atoms with Crippen LogP contribution < -0.4 is 4.74 Å². The highest BCUT2D eigenvalue weighted by molar-refractivity contribution is 6.18. The second-order valence-corrected chi connectivity index (χ2v) is 5.38. The maximum absolute atomic E-state index is 5.86. The van der Waals surface area contributed by atoms with E-state index in [1.165, 1.54) is 5.56 Å². The van der Waals surface area contributed by atoms with E-state index in [0.29, 0.717) is 18.9 Å². The van der Waals surface area contributed by atoms with Gasteiger partial charge >= 0.3 is 0 Å². The Kier molecular flexibility index (Phi) is 4.11.